The number of nitrogens with zero attached hydrogens (tertiary/aromatic N) is 3. The largest absolute Gasteiger partial charge is 0.483 e. The Morgan fingerprint density at radius 2 is 1.69 bits per heavy atom. The van der Waals surface area contributed by atoms with Crippen LogP contribution in [0.15, 0.2) is 61.1 Å². The Labute approximate surface area is 152 Å². The molecule has 0 unspecified atom stereocenters. The van der Waals surface area contributed by atoms with E-state index in [1.54, 1.807) is 0 Å². The fourth-order valence-electron chi connectivity index (χ4n) is 3.12. The van der Waals surface area contributed by atoms with Gasteiger partial charge in [-0.15, -0.1) is 0 Å². The third-order valence-corrected chi connectivity index (χ3v) is 4.36. The number of hydrogen-bond donors (Lipinski definition) is 1. The quantitative estimate of drug-likeness (QED) is 0.729. The van der Waals surface area contributed by atoms with E-state index in [0.29, 0.717) is 6.04 Å². The van der Waals surface area contributed by atoms with Crippen molar-refractivity contribution in [2.45, 2.75) is 18.9 Å². The number of rotatable bonds is 3. The summed E-state index contributed by atoms with van der Waals surface area (Å²) < 4.78 is 7.76. The molecule has 4 rings (SSSR count). The van der Waals surface area contributed by atoms with E-state index in [9.17, 15) is 0 Å². The molecule has 1 aromatic carbocycles. The molecule has 1 aliphatic heterocycles. The Balaban J connectivity index is 0.000000613. The maximum Gasteiger partial charge on any atom is 0.290 e. The predicted molar refractivity (Wildman–Crippen MR) is 98.7 cm³/mol. The number of imidazole rings is 1. The molecule has 0 atom stereocenters. The summed E-state index contributed by atoms with van der Waals surface area (Å²) in [4.78, 5) is 17.3. The molecule has 0 saturated carbocycles. The third-order valence-electron chi connectivity index (χ3n) is 4.36. The van der Waals surface area contributed by atoms with Crippen molar-refractivity contribution < 1.29 is 14.6 Å². The van der Waals surface area contributed by atoms with E-state index in [-0.39, 0.29) is 6.47 Å². The number of aromatic nitrogens is 3. The van der Waals surface area contributed by atoms with Crippen molar-refractivity contribution in [1.29, 1.82) is 0 Å². The van der Waals surface area contributed by atoms with Crippen molar-refractivity contribution in [2.75, 3.05) is 13.2 Å². The summed E-state index contributed by atoms with van der Waals surface area (Å²) in [6.07, 6.45) is 7.89. The molecule has 6 heteroatoms. The molecule has 1 N–H and O–H groups in total. The van der Waals surface area contributed by atoms with Crippen LogP contribution in [0.1, 0.15) is 18.9 Å². The molecule has 3 heterocycles. The zero-order valence-corrected chi connectivity index (χ0v) is 14.4. The van der Waals surface area contributed by atoms with E-state index in [4.69, 9.17) is 14.6 Å². The average Bonchev–Trinajstić information content (AvgIpc) is 3.20. The number of hydrogen-bond acceptors (Lipinski definition) is 4. The molecular formula is C20H21N3O3. The molecule has 6 nitrogen and oxygen atoms in total. The Kier molecular flexibility index (Phi) is 6.11. The van der Waals surface area contributed by atoms with Gasteiger partial charge in [-0.05, 0) is 25.0 Å². The van der Waals surface area contributed by atoms with Crippen molar-refractivity contribution in [3.63, 3.8) is 0 Å². The van der Waals surface area contributed by atoms with Gasteiger partial charge < -0.3 is 14.4 Å². The van der Waals surface area contributed by atoms with Crippen LogP contribution in [0.4, 0.5) is 0 Å². The molecule has 0 radical (unpaired) electrons. The lowest BCUT2D eigenvalue weighted by Gasteiger charge is -2.25. The molecule has 0 spiro atoms. The van der Waals surface area contributed by atoms with Gasteiger partial charge in [0.1, 0.15) is 5.82 Å². The van der Waals surface area contributed by atoms with Gasteiger partial charge >= 0.3 is 0 Å². The summed E-state index contributed by atoms with van der Waals surface area (Å²) in [5.74, 6) is 1.03. The Morgan fingerprint density at radius 1 is 1.00 bits per heavy atom. The highest BCUT2D eigenvalue weighted by atomic mass is 16.5. The molecule has 134 valence electrons. The minimum absolute atomic E-state index is 0.250. The van der Waals surface area contributed by atoms with Crippen molar-refractivity contribution in [1.82, 2.24) is 14.5 Å². The van der Waals surface area contributed by atoms with Crippen LogP contribution in [-0.2, 0) is 9.53 Å². The average molecular weight is 351 g/mol. The van der Waals surface area contributed by atoms with E-state index in [2.05, 4.69) is 45.0 Å². The third kappa shape index (κ3) is 4.15. The van der Waals surface area contributed by atoms with E-state index in [1.807, 2.05) is 30.6 Å². The second-order valence-electron chi connectivity index (χ2n) is 5.90. The van der Waals surface area contributed by atoms with Crippen molar-refractivity contribution in [3.8, 4) is 22.6 Å². The highest BCUT2D eigenvalue weighted by molar-refractivity contribution is 5.65. The van der Waals surface area contributed by atoms with Crippen LogP contribution in [0.2, 0.25) is 0 Å². The van der Waals surface area contributed by atoms with Crippen LogP contribution in [-0.4, -0.2) is 39.3 Å². The highest BCUT2D eigenvalue weighted by Gasteiger charge is 2.18. The fraction of sp³-hybridized carbons (Fsp3) is 0.250. The van der Waals surface area contributed by atoms with E-state index >= 15 is 0 Å². The van der Waals surface area contributed by atoms with Crippen molar-refractivity contribution >= 4 is 6.47 Å². The zero-order valence-electron chi connectivity index (χ0n) is 14.4. The minimum Gasteiger partial charge on any atom is -0.483 e. The van der Waals surface area contributed by atoms with Crippen molar-refractivity contribution in [3.05, 3.63) is 61.1 Å². The maximum atomic E-state index is 8.36. The van der Waals surface area contributed by atoms with E-state index < -0.39 is 0 Å². The lowest BCUT2D eigenvalue weighted by molar-refractivity contribution is -0.122. The van der Waals surface area contributed by atoms with Gasteiger partial charge in [0.2, 0.25) is 0 Å². The Bertz CT molecular complexity index is 810. The maximum absolute atomic E-state index is 8.36. The van der Waals surface area contributed by atoms with Crippen LogP contribution in [0.3, 0.4) is 0 Å². The number of benzene rings is 1. The lowest BCUT2D eigenvalue weighted by atomic mass is 10.1. The normalized spacial score (nSPS) is 14.3. The highest BCUT2D eigenvalue weighted by Crippen LogP contribution is 2.28. The molecule has 0 bridgehead atoms. The van der Waals surface area contributed by atoms with Gasteiger partial charge in [-0.2, -0.15) is 0 Å². The SMILES string of the molecule is O=CO.c1ccc(-c2ccc(-c3nccn3C3CCOCC3)cc2)nc1. The summed E-state index contributed by atoms with van der Waals surface area (Å²) in [7, 11) is 0. The molecule has 2 aromatic heterocycles. The van der Waals surface area contributed by atoms with Crippen molar-refractivity contribution in [2.24, 2.45) is 0 Å². The van der Waals surface area contributed by atoms with Crippen LogP contribution in [0, 0.1) is 0 Å². The van der Waals surface area contributed by atoms with E-state index in [0.717, 1.165) is 48.7 Å². The van der Waals surface area contributed by atoms with Gasteiger partial charge in [-0.3, -0.25) is 9.78 Å². The summed E-state index contributed by atoms with van der Waals surface area (Å²) in [6, 6.07) is 14.9. The first-order valence-corrected chi connectivity index (χ1v) is 8.53. The van der Waals surface area contributed by atoms with Gasteiger partial charge in [0.05, 0.1) is 5.69 Å². The summed E-state index contributed by atoms with van der Waals surface area (Å²) in [5, 5.41) is 6.89. The Hall–Kier alpha value is -2.99. The van der Waals surface area contributed by atoms with Crippen LogP contribution in [0.5, 0.6) is 0 Å². The molecule has 0 amide bonds. The number of pyridine rings is 1. The van der Waals surface area contributed by atoms with Gasteiger partial charge in [-0.1, -0.05) is 30.3 Å². The Morgan fingerprint density at radius 3 is 2.35 bits per heavy atom. The molecule has 1 aliphatic rings. The summed E-state index contributed by atoms with van der Waals surface area (Å²) >= 11 is 0. The molecule has 26 heavy (non-hydrogen) atoms. The summed E-state index contributed by atoms with van der Waals surface area (Å²) in [6.45, 7) is 1.42. The summed E-state index contributed by atoms with van der Waals surface area (Å²) in [5.41, 5.74) is 3.26. The standard InChI is InChI=1S/C19H19N3O.CH2O2/c1-2-10-20-18(3-1)15-4-6-16(7-5-15)19-21-11-12-22(19)17-8-13-23-14-9-17;2-1-3/h1-7,10-12,17H,8-9,13-14H2;1H,(H,2,3). The molecule has 1 saturated heterocycles. The number of carbonyl (C=O) groups is 1. The van der Waals surface area contributed by atoms with Crippen LogP contribution >= 0.6 is 0 Å². The number of carboxylic acid groups (broad SMARTS) is 1. The van der Waals surface area contributed by atoms with Gasteiger partial charge in [0.25, 0.3) is 6.47 Å². The lowest BCUT2D eigenvalue weighted by Crippen LogP contribution is -2.19. The van der Waals surface area contributed by atoms with Gasteiger partial charge in [-0.25, -0.2) is 4.98 Å². The topological polar surface area (TPSA) is 77.2 Å². The predicted octanol–water partition coefficient (Wildman–Crippen LogP) is 3.66. The smallest absolute Gasteiger partial charge is 0.290 e. The minimum atomic E-state index is -0.250. The van der Waals surface area contributed by atoms with Gasteiger partial charge in [0, 0.05) is 49.0 Å². The first-order chi connectivity index (χ1) is 12.8. The molecular weight excluding hydrogens is 330 g/mol. The van der Waals surface area contributed by atoms with Crippen LogP contribution < -0.4 is 0 Å². The molecule has 1 fully saturated rings. The van der Waals surface area contributed by atoms with E-state index in [1.165, 1.54) is 0 Å². The first-order valence-electron chi connectivity index (χ1n) is 8.53. The number of ether oxygens (including phenoxy) is 1. The monoisotopic (exact) mass is 351 g/mol. The van der Waals surface area contributed by atoms with Crippen LogP contribution in [0.25, 0.3) is 22.6 Å². The first kappa shape index (κ1) is 17.8. The second-order valence-corrected chi connectivity index (χ2v) is 5.90. The van der Waals surface area contributed by atoms with Gasteiger partial charge in [0.15, 0.2) is 0 Å². The zero-order chi connectivity index (χ0) is 18.2. The fourth-order valence-corrected chi connectivity index (χ4v) is 3.12. The second kappa shape index (κ2) is 8.92. The molecule has 3 aromatic rings. The molecule has 0 aliphatic carbocycles.